The largest absolute Gasteiger partial charge is 0.488 e. The Balaban J connectivity index is 1.95. The second kappa shape index (κ2) is 5.65. The molecule has 0 atom stereocenters. The van der Waals surface area contributed by atoms with E-state index in [0.29, 0.717) is 11.1 Å². The van der Waals surface area contributed by atoms with Gasteiger partial charge in [0.25, 0.3) is 0 Å². The highest BCUT2D eigenvalue weighted by atomic mass is 35.5. The predicted molar refractivity (Wildman–Crippen MR) is 67.3 cm³/mol. The molecule has 0 amide bonds. The summed E-state index contributed by atoms with van der Waals surface area (Å²) in [5.74, 6) is 0.740. The van der Waals surface area contributed by atoms with Crippen LogP contribution in [0, 0.1) is 0 Å². The van der Waals surface area contributed by atoms with Crippen LogP contribution < -0.4 is 4.74 Å². The molecule has 2 rings (SSSR count). The number of rotatable bonds is 4. The Hall–Kier alpha value is -1.59. The second-order valence-electron chi connectivity index (χ2n) is 3.18. The van der Waals surface area contributed by atoms with Crippen molar-refractivity contribution in [1.82, 2.24) is 4.98 Å². The predicted octanol–water partition coefficient (Wildman–Crippen LogP) is 3.18. The van der Waals surface area contributed by atoms with E-state index < -0.39 is 0 Å². The van der Waals surface area contributed by atoms with Gasteiger partial charge in [0.05, 0.1) is 11.1 Å². The van der Waals surface area contributed by atoms with Gasteiger partial charge in [-0.15, -0.1) is 11.3 Å². The number of nitrogens with zero attached hydrogens (tertiary/aromatic N) is 2. The van der Waals surface area contributed by atoms with Gasteiger partial charge in [0.15, 0.2) is 4.47 Å². The highest BCUT2D eigenvalue weighted by Crippen LogP contribution is 2.20. The smallest absolute Gasteiger partial charge is 0.183 e. The molecule has 0 aliphatic rings. The first kappa shape index (κ1) is 11.9. The molecule has 0 radical (unpaired) electrons. The van der Waals surface area contributed by atoms with E-state index in [4.69, 9.17) is 21.5 Å². The van der Waals surface area contributed by atoms with Crippen molar-refractivity contribution >= 4 is 29.2 Å². The van der Waals surface area contributed by atoms with Crippen LogP contribution in [-0.2, 0) is 6.61 Å². The zero-order valence-corrected chi connectivity index (χ0v) is 10.3. The first-order chi connectivity index (χ1) is 8.28. The average Bonchev–Trinajstić information content (AvgIpc) is 2.75. The fourth-order valence-corrected chi connectivity index (χ4v) is 2.11. The zero-order valence-electron chi connectivity index (χ0n) is 8.71. The van der Waals surface area contributed by atoms with E-state index in [1.54, 1.807) is 30.5 Å². The number of hydrogen-bond donors (Lipinski definition) is 1. The van der Waals surface area contributed by atoms with E-state index in [9.17, 15) is 0 Å². The van der Waals surface area contributed by atoms with E-state index >= 15 is 0 Å². The van der Waals surface area contributed by atoms with Crippen molar-refractivity contribution in [3.63, 3.8) is 0 Å². The molecule has 2 aromatic rings. The summed E-state index contributed by atoms with van der Waals surface area (Å²) in [4.78, 5) is 4.89. The van der Waals surface area contributed by atoms with Crippen LogP contribution >= 0.6 is 22.9 Å². The SMILES string of the molecule is O/N=C\c1ccc(OCc2cnc(Cl)s2)cc1. The summed E-state index contributed by atoms with van der Waals surface area (Å²) >= 11 is 7.10. The Bertz CT molecular complexity index is 510. The number of thiazole rings is 1. The quantitative estimate of drug-likeness (QED) is 0.526. The van der Waals surface area contributed by atoms with Gasteiger partial charge in [0, 0.05) is 6.20 Å². The molecule has 1 heterocycles. The Morgan fingerprint density at radius 2 is 2.18 bits per heavy atom. The molecule has 0 saturated heterocycles. The van der Waals surface area contributed by atoms with Crippen LogP contribution in [0.2, 0.25) is 4.47 Å². The van der Waals surface area contributed by atoms with Gasteiger partial charge in [-0.3, -0.25) is 0 Å². The van der Waals surface area contributed by atoms with Gasteiger partial charge < -0.3 is 9.94 Å². The van der Waals surface area contributed by atoms with Crippen LogP contribution in [0.25, 0.3) is 0 Å². The number of aromatic nitrogens is 1. The summed E-state index contributed by atoms with van der Waals surface area (Å²) in [6, 6.07) is 7.21. The van der Waals surface area contributed by atoms with E-state index in [0.717, 1.165) is 16.2 Å². The molecule has 0 unspecified atom stereocenters. The molecule has 4 nitrogen and oxygen atoms in total. The van der Waals surface area contributed by atoms with Crippen LogP contribution in [0.5, 0.6) is 5.75 Å². The van der Waals surface area contributed by atoms with Crippen molar-refractivity contribution in [2.24, 2.45) is 5.16 Å². The van der Waals surface area contributed by atoms with Crippen molar-refractivity contribution in [1.29, 1.82) is 0 Å². The minimum Gasteiger partial charge on any atom is -0.488 e. The van der Waals surface area contributed by atoms with Gasteiger partial charge in [0.1, 0.15) is 12.4 Å². The van der Waals surface area contributed by atoms with Gasteiger partial charge in [-0.05, 0) is 29.8 Å². The Morgan fingerprint density at radius 3 is 2.76 bits per heavy atom. The second-order valence-corrected chi connectivity index (χ2v) is 4.88. The number of halogens is 1. The number of benzene rings is 1. The zero-order chi connectivity index (χ0) is 12.1. The normalized spacial score (nSPS) is 10.9. The third-order valence-electron chi connectivity index (χ3n) is 1.99. The number of hydrogen-bond acceptors (Lipinski definition) is 5. The Kier molecular flexibility index (Phi) is 3.95. The van der Waals surface area contributed by atoms with Crippen LogP contribution in [0.3, 0.4) is 0 Å². The van der Waals surface area contributed by atoms with Gasteiger partial charge in [-0.25, -0.2) is 4.98 Å². The molecular formula is C11H9ClN2O2S. The lowest BCUT2D eigenvalue weighted by molar-refractivity contribution is 0.309. The number of oxime groups is 1. The minimum atomic E-state index is 0.442. The summed E-state index contributed by atoms with van der Waals surface area (Å²) < 4.78 is 6.06. The lowest BCUT2D eigenvalue weighted by Gasteiger charge is -2.03. The molecule has 1 aromatic carbocycles. The third kappa shape index (κ3) is 3.44. The molecular weight excluding hydrogens is 260 g/mol. The highest BCUT2D eigenvalue weighted by molar-refractivity contribution is 7.15. The summed E-state index contributed by atoms with van der Waals surface area (Å²) in [6.45, 7) is 0.442. The topological polar surface area (TPSA) is 54.7 Å². The lowest BCUT2D eigenvalue weighted by atomic mass is 10.2. The molecule has 0 fully saturated rings. The molecule has 6 heteroatoms. The van der Waals surface area contributed by atoms with Crippen molar-refractivity contribution in [3.8, 4) is 5.75 Å². The van der Waals surface area contributed by atoms with Gasteiger partial charge in [-0.2, -0.15) is 0 Å². The van der Waals surface area contributed by atoms with E-state index in [1.807, 2.05) is 0 Å². The highest BCUT2D eigenvalue weighted by Gasteiger charge is 2.00. The Morgan fingerprint density at radius 1 is 1.41 bits per heavy atom. The van der Waals surface area contributed by atoms with Gasteiger partial charge in [0.2, 0.25) is 0 Å². The van der Waals surface area contributed by atoms with Crippen molar-refractivity contribution in [2.45, 2.75) is 6.61 Å². The fourth-order valence-electron chi connectivity index (χ4n) is 1.22. The first-order valence-electron chi connectivity index (χ1n) is 4.78. The first-order valence-corrected chi connectivity index (χ1v) is 5.98. The molecule has 0 aliphatic carbocycles. The number of ether oxygens (including phenoxy) is 1. The Labute approximate surface area is 107 Å². The molecule has 17 heavy (non-hydrogen) atoms. The third-order valence-corrected chi connectivity index (χ3v) is 3.08. The van der Waals surface area contributed by atoms with E-state index in [1.165, 1.54) is 17.6 Å². The maximum absolute atomic E-state index is 8.36. The van der Waals surface area contributed by atoms with Crippen LogP contribution in [0.1, 0.15) is 10.4 Å². The minimum absolute atomic E-state index is 0.442. The lowest BCUT2D eigenvalue weighted by Crippen LogP contribution is -1.93. The molecule has 0 bridgehead atoms. The van der Waals surface area contributed by atoms with Crippen LogP contribution in [0.4, 0.5) is 0 Å². The molecule has 0 spiro atoms. The van der Waals surface area contributed by atoms with E-state index in [-0.39, 0.29) is 0 Å². The van der Waals surface area contributed by atoms with Crippen LogP contribution in [0.15, 0.2) is 35.6 Å². The monoisotopic (exact) mass is 268 g/mol. The maximum Gasteiger partial charge on any atom is 0.183 e. The van der Waals surface area contributed by atoms with Gasteiger partial charge >= 0.3 is 0 Å². The molecule has 1 aromatic heterocycles. The maximum atomic E-state index is 8.36. The van der Waals surface area contributed by atoms with Crippen molar-refractivity contribution in [2.75, 3.05) is 0 Å². The summed E-state index contributed by atoms with van der Waals surface area (Å²) in [6.07, 6.45) is 3.05. The summed E-state index contributed by atoms with van der Waals surface area (Å²) in [5.41, 5.74) is 0.806. The fraction of sp³-hybridized carbons (Fsp3) is 0.0909. The van der Waals surface area contributed by atoms with E-state index in [2.05, 4.69) is 10.1 Å². The van der Waals surface area contributed by atoms with Crippen molar-refractivity contribution < 1.29 is 9.94 Å². The summed E-state index contributed by atoms with van der Waals surface area (Å²) in [5, 5.41) is 11.3. The standard InChI is InChI=1S/C11H9ClN2O2S/c12-11-13-6-10(17-11)7-16-9-3-1-8(2-4-9)5-14-15/h1-6,15H,7H2/b14-5-. The van der Waals surface area contributed by atoms with Gasteiger partial charge in [-0.1, -0.05) is 16.8 Å². The summed E-state index contributed by atoms with van der Waals surface area (Å²) in [7, 11) is 0. The average molecular weight is 269 g/mol. The molecule has 0 aliphatic heterocycles. The van der Waals surface area contributed by atoms with Crippen molar-refractivity contribution in [3.05, 3.63) is 45.4 Å². The molecule has 88 valence electrons. The van der Waals surface area contributed by atoms with Crippen LogP contribution in [-0.4, -0.2) is 16.4 Å². The molecule has 0 saturated carbocycles. The molecule has 1 N–H and O–H groups in total.